The molecule has 0 heterocycles. The van der Waals surface area contributed by atoms with E-state index < -0.39 is 15.9 Å². The highest BCUT2D eigenvalue weighted by Gasteiger charge is 2.26. The van der Waals surface area contributed by atoms with Crippen molar-refractivity contribution in [3.05, 3.63) is 47.5 Å². The third-order valence-electron chi connectivity index (χ3n) is 4.82. The molecule has 0 spiro atoms. The van der Waals surface area contributed by atoms with Crippen molar-refractivity contribution in [1.82, 2.24) is 5.32 Å². The van der Waals surface area contributed by atoms with Gasteiger partial charge in [0.05, 0.1) is 44.4 Å². The molecular weight excluding hydrogens is 408 g/mol. The van der Waals surface area contributed by atoms with Gasteiger partial charge in [0.1, 0.15) is 5.75 Å². The maximum absolute atomic E-state index is 13.2. The zero-order chi connectivity index (χ0) is 22.5. The predicted octanol–water partition coefficient (Wildman–Crippen LogP) is 2.99. The molecule has 164 valence electrons. The van der Waals surface area contributed by atoms with Gasteiger partial charge in [-0.1, -0.05) is 18.2 Å². The normalized spacial score (nSPS) is 12.1. The van der Waals surface area contributed by atoms with Gasteiger partial charge in [-0.05, 0) is 26.0 Å². The zero-order valence-electron chi connectivity index (χ0n) is 18.1. The molecule has 9 heteroatoms. The first kappa shape index (κ1) is 23.3. The van der Waals surface area contributed by atoms with Crippen molar-refractivity contribution in [2.75, 3.05) is 38.4 Å². The van der Waals surface area contributed by atoms with Crippen LogP contribution < -0.4 is 23.8 Å². The summed E-state index contributed by atoms with van der Waals surface area (Å²) in [5, 5.41) is 2.90. The van der Waals surface area contributed by atoms with E-state index in [2.05, 4.69) is 5.32 Å². The summed E-state index contributed by atoms with van der Waals surface area (Å²) in [6.07, 6.45) is 0. The standard InChI is InChI=1S/C21H28N2O6S/c1-7-30(25,26)23(3)17-13-20(29-6)19(28-5)12-16(17)21(24)22-14(2)15-10-8-9-11-18(15)27-4/h8-14H,7H2,1-6H3,(H,22,24). The average Bonchev–Trinajstić information content (AvgIpc) is 2.77. The fourth-order valence-electron chi connectivity index (χ4n) is 3.03. The third kappa shape index (κ3) is 4.79. The van der Waals surface area contributed by atoms with E-state index in [1.165, 1.54) is 40.3 Å². The Bertz CT molecular complexity index is 1010. The number of sulfonamides is 1. The number of anilines is 1. The highest BCUT2D eigenvalue weighted by Crippen LogP contribution is 2.36. The van der Waals surface area contributed by atoms with Gasteiger partial charge >= 0.3 is 0 Å². The number of rotatable bonds is 9. The minimum Gasteiger partial charge on any atom is -0.496 e. The molecule has 1 amide bonds. The van der Waals surface area contributed by atoms with Gasteiger partial charge in [-0.3, -0.25) is 9.10 Å². The van der Waals surface area contributed by atoms with Gasteiger partial charge in [-0.15, -0.1) is 0 Å². The number of hydrogen-bond acceptors (Lipinski definition) is 6. The van der Waals surface area contributed by atoms with Gasteiger partial charge in [0, 0.05) is 18.7 Å². The lowest BCUT2D eigenvalue weighted by molar-refractivity contribution is 0.0940. The Hall–Kier alpha value is -2.94. The van der Waals surface area contributed by atoms with Crippen molar-refractivity contribution < 1.29 is 27.4 Å². The van der Waals surface area contributed by atoms with E-state index in [1.54, 1.807) is 13.2 Å². The maximum atomic E-state index is 13.2. The topological polar surface area (TPSA) is 94.2 Å². The molecule has 2 aromatic carbocycles. The first-order chi connectivity index (χ1) is 14.2. The number of hydrogen-bond donors (Lipinski definition) is 1. The Morgan fingerprint density at radius 2 is 1.60 bits per heavy atom. The summed E-state index contributed by atoms with van der Waals surface area (Å²) in [4.78, 5) is 13.2. The Labute approximate surface area is 177 Å². The van der Waals surface area contributed by atoms with Crippen LogP contribution in [0.5, 0.6) is 17.2 Å². The monoisotopic (exact) mass is 436 g/mol. The van der Waals surface area contributed by atoms with Crippen LogP contribution in [-0.4, -0.2) is 48.5 Å². The molecule has 0 radical (unpaired) electrons. The number of nitrogens with one attached hydrogen (secondary N) is 1. The molecule has 1 atom stereocenters. The maximum Gasteiger partial charge on any atom is 0.254 e. The minimum absolute atomic E-state index is 0.115. The summed E-state index contributed by atoms with van der Waals surface area (Å²) in [5.41, 5.74) is 1.14. The number of nitrogens with zero attached hydrogens (tertiary/aromatic N) is 1. The molecule has 2 aromatic rings. The summed E-state index contributed by atoms with van der Waals surface area (Å²) < 4.78 is 42.0. The Morgan fingerprint density at radius 1 is 1.03 bits per heavy atom. The van der Waals surface area contributed by atoms with Crippen molar-refractivity contribution in [2.24, 2.45) is 0 Å². The first-order valence-electron chi connectivity index (χ1n) is 9.36. The lowest BCUT2D eigenvalue weighted by Gasteiger charge is -2.24. The van der Waals surface area contributed by atoms with Crippen LogP contribution in [-0.2, 0) is 10.0 Å². The summed E-state index contributed by atoms with van der Waals surface area (Å²) in [5.74, 6) is 0.709. The van der Waals surface area contributed by atoms with Crippen LogP contribution in [0.4, 0.5) is 5.69 Å². The highest BCUT2D eigenvalue weighted by atomic mass is 32.2. The quantitative estimate of drug-likeness (QED) is 0.649. The second-order valence-electron chi connectivity index (χ2n) is 6.53. The van der Waals surface area contributed by atoms with Crippen LogP contribution >= 0.6 is 0 Å². The van der Waals surface area contributed by atoms with Gasteiger partial charge in [0.2, 0.25) is 10.0 Å². The number of ether oxygens (including phenoxy) is 3. The molecule has 0 bridgehead atoms. The van der Waals surface area contributed by atoms with Crippen molar-refractivity contribution >= 4 is 21.6 Å². The van der Waals surface area contributed by atoms with Crippen molar-refractivity contribution in [2.45, 2.75) is 19.9 Å². The Kier molecular flexibility index (Phi) is 7.55. The molecule has 30 heavy (non-hydrogen) atoms. The lowest BCUT2D eigenvalue weighted by atomic mass is 10.1. The van der Waals surface area contributed by atoms with E-state index in [0.29, 0.717) is 17.2 Å². The van der Waals surface area contributed by atoms with Crippen LogP contribution in [0.1, 0.15) is 35.8 Å². The SMILES string of the molecule is CCS(=O)(=O)N(C)c1cc(OC)c(OC)cc1C(=O)NC(C)c1ccccc1OC. The van der Waals surface area contributed by atoms with E-state index in [9.17, 15) is 13.2 Å². The van der Waals surface area contributed by atoms with E-state index in [0.717, 1.165) is 9.87 Å². The molecule has 1 unspecified atom stereocenters. The second-order valence-corrected chi connectivity index (χ2v) is 8.82. The van der Waals surface area contributed by atoms with Crippen molar-refractivity contribution in [1.29, 1.82) is 0 Å². The number of para-hydroxylation sites is 1. The Morgan fingerprint density at radius 3 is 2.17 bits per heavy atom. The molecular formula is C21H28N2O6S. The van der Waals surface area contributed by atoms with Gasteiger partial charge < -0.3 is 19.5 Å². The molecule has 1 N–H and O–H groups in total. The molecule has 0 saturated carbocycles. The van der Waals surface area contributed by atoms with Crippen LogP contribution in [0.2, 0.25) is 0 Å². The van der Waals surface area contributed by atoms with Crippen LogP contribution in [0.15, 0.2) is 36.4 Å². The molecule has 0 aliphatic rings. The van der Waals surface area contributed by atoms with Gasteiger partial charge in [-0.25, -0.2) is 8.42 Å². The van der Waals surface area contributed by atoms with Crippen LogP contribution in [0.3, 0.4) is 0 Å². The molecule has 0 fully saturated rings. The lowest BCUT2D eigenvalue weighted by Crippen LogP contribution is -2.32. The number of carbonyl (C=O) groups is 1. The van der Waals surface area contributed by atoms with E-state index in [4.69, 9.17) is 14.2 Å². The smallest absolute Gasteiger partial charge is 0.254 e. The fourth-order valence-corrected chi connectivity index (χ4v) is 3.87. The molecule has 0 saturated heterocycles. The second kappa shape index (κ2) is 9.71. The third-order valence-corrected chi connectivity index (χ3v) is 6.58. The summed E-state index contributed by atoms with van der Waals surface area (Å²) in [7, 11) is 2.25. The summed E-state index contributed by atoms with van der Waals surface area (Å²) in [6.45, 7) is 3.36. The zero-order valence-corrected chi connectivity index (χ0v) is 18.9. The van der Waals surface area contributed by atoms with E-state index in [-0.39, 0.29) is 23.0 Å². The van der Waals surface area contributed by atoms with Crippen molar-refractivity contribution in [3.63, 3.8) is 0 Å². The minimum atomic E-state index is -3.61. The summed E-state index contributed by atoms with van der Waals surface area (Å²) in [6, 6.07) is 9.92. The fraction of sp³-hybridized carbons (Fsp3) is 0.381. The number of benzene rings is 2. The van der Waals surface area contributed by atoms with Crippen LogP contribution in [0.25, 0.3) is 0 Å². The van der Waals surface area contributed by atoms with Gasteiger partial charge in [0.15, 0.2) is 11.5 Å². The molecule has 2 rings (SSSR count). The number of carbonyl (C=O) groups excluding carboxylic acids is 1. The van der Waals surface area contributed by atoms with Gasteiger partial charge in [0.25, 0.3) is 5.91 Å². The predicted molar refractivity (Wildman–Crippen MR) is 116 cm³/mol. The molecule has 0 aromatic heterocycles. The summed E-state index contributed by atoms with van der Waals surface area (Å²) >= 11 is 0. The van der Waals surface area contributed by atoms with Crippen molar-refractivity contribution in [3.8, 4) is 17.2 Å². The largest absolute Gasteiger partial charge is 0.496 e. The van der Waals surface area contributed by atoms with Crippen LogP contribution in [0, 0.1) is 0 Å². The molecule has 0 aliphatic heterocycles. The first-order valence-corrected chi connectivity index (χ1v) is 11.0. The highest BCUT2D eigenvalue weighted by molar-refractivity contribution is 7.92. The number of amides is 1. The van der Waals surface area contributed by atoms with E-state index in [1.807, 2.05) is 25.1 Å². The Balaban J connectivity index is 2.51. The van der Waals surface area contributed by atoms with Gasteiger partial charge in [-0.2, -0.15) is 0 Å². The number of methoxy groups -OCH3 is 3. The molecule has 0 aliphatic carbocycles. The molecule has 8 nitrogen and oxygen atoms in total. The average molecular weight is 437 g/mol. The van der Waals surface area contributed by atoms with E-state index >= 15 is 0 Å².